The third-order valence-corrected chi connectivity index (χ3v) is 5.96. The first-order valence-corrected chi connectivity index (χ1v) is 12.9. The van der Waals surface area contributed by atoms with Crippen molar-refractivity contribution in [2.45, 2.75) is 25.7 Å². The highest BCUT2D eigenvalue weighted by atomic mass is 16.5. The smallest absolute Gasteiger partial charge is 0.243 e. The Morgan fingerprint density at radius 2 is 1.11 bits per heavy atom. The first-order chi connectivity index (χ1) is 18.6. The fraction of sp³-hybridized carbons (Fsp3) is 0.188. The number of nitrogens with one attached hydrogen (secondary N) is 3. The van der Waals surface area contributed by atoms with Gasteiger partial charge < -0.3 is 20.7 Å². The molecule has 6 nitrogen and oxygen atoms in total. The van der Waals surface area contributed by atoms with Gasteiger partial charge >= 0.3 is 0 Å². The van der Waals surface area contributed by atoms with Crippen LogP contribution in [0.15, 0.2) is 109 Å². The molecule has 4 aromatic carbocycles. The van der Waals surface area contributed by atoms with Crippen LogP contribution in [0, 0.1) is 0 Å². The topological polar surface area (TPSA) is 79.5 Å². The highest BCUT2D eigenvalue weighted by Gasteiger charge is 2.06. The standard InChI is InChI=1S/C32H33N3O3/c36-31(22-13-26-10-5-2-6-11-26)34-28-16-14-27(15-17-28)33-24-32(37)35-29-18-20-30(21-19-29)38-23-7-12-25-8-3-1-4-9-25/h1-6,8-11,14-21,33H,7,12-13,22-24H2,(H,34,36)(H,35,37). The number of carbonyl (C=O) groups excluding carboxylic acids is 2. The summed E-state index contributed by atoms with van der Waals surface area (Å²) in [4.78, 5) is 24.6. The van der Waals surface area contributed by atoms with Gasteiger partial charge in [-0.2, -0.15) is 0 Å². The monoisotopic (exact) mass is 507 g/mol. The summed E-state index contributed by atoms with van der Waals surface area (Å²) in [5.74, 6) is 0.596. The van der Waals surface area contributed by atoms with Crippen molar-refractivity contribution in [3.05, 3.63) is 120 Å². The van der Waals surface area contributed by atoms with E-state index >= 15 is 0 Å². The molecule has 6 heteroatoms. The molecule has 0 heterocycles. The third-order valence-electron chi connectivity index (χ3n) is 5.96. The van der Waals surface area contributed by atoms with E-state index in [2.05, 4.69) is 28.1 Å². The van der Waals surface area contributed by atoms with Gasteiger partial charge in [-0.05, 0) is 78.9 Å². The average molecular weight is 508 g/mol. The number of rotatable bonds is 13. The Morgan fingerprint density at radius 1 is 0.579 bits per heavy atom. The van der Waals surface area contributed by atoms with Gasteiger partial charge in [0.1, 0.15) is 5.75 Å². The van der Waals surface area contributed by atoms with E-state index in [9.17, 15) is 9.59 Å². The number of carbonyl (C=O) groups is 2. The number of hydrogen-bond acceptors (Lipinski definition) is 4. The van der Waals surface area contributed by atoms with Crippen molar-refractivity contribution in [3.8, 4) is 5.75 Å². The molecule has 0 aliphatic rings. The fourth-order valence-corrected chi connectivity index (χ4v) is 3.93. The van der Waals surface area contributed by atoms with Gasteiger partial charge in [0.15, 0.2) is 0 Å². The van der Waals surface area contributed by atoms with Gasteiger partial charge in [-0.15, -0.1) is 0 Å². The summed E-state index contributed by atoms with van der Waals surface area (Å²) >= 11 is 0. The first kappa shape index (κ1) is 26.5. The molecule has 0 fully saturated rings. The van der Waals surface area contributed by atoms with Gasteiger partial charge in [0.05, 0.1) is 13.2 Å². The van der Waals surface area contributed by atoms with Crippen LogP contribution in [0.5, 0.6) is 5.75 Å². The number of amides is 2. The highest BCUT2D eigenvalue weighted by Crippen LogP contribution is 2.17. The molecule has 0 aliphatic carbocycles. The Morgan fingerprint density at radius 3 is 1.74 bits per heavy atom. The van der Waals surface area contributed by atoms with Gasteiger partial charge in [0.2, 0.25) is 11.8 Å². The molecule has 0 unspecified atom stereocenters. The predicted octanol–water partition coefficient (Wildman–Crippen LogP) is 6.32. The van der Waals surface area contributed by atoms with Crippen LogP contribution >= 0.6 is 0 Å². The SMILES string of the molecule is O=C(CCc1ccccc1)Nc1ccc(NCC(=O)Nc2ccc(OCCCc3ccccc3)cc2)cc1. The van der Waals surface area contributed by atoms with E-state index in [1.807, 2.05) is 97.1 Å². The van der Waals surface area contributed by atoms with Crippen molar-refractivity contribution in [2.24, 2.45) is 0 Å². The van der Waals surface area contributed by atoms with Crippen molar-refractivity contribution < 1.29 is 14.3 Å². The molecule has 38 heavy (non-hydrogen) atoms. The van der Waals surface area contributed by atoms with Crippen LogP contribution in [-0.2, 0) is 22.4 Å². The summed E-state index contributed by atoms with van der Waals surface area (Å²) in [6.45, 7) is 0.765. The lowest BCUT2D eigenvalue weighted by molar-refractivity contribution is -0.116. The van der Waals surface area contributed by atoms with Crippen LogP contribution in [0.1, 0.15) is 24.0 Å². The maximum absolute atomic E-state index is 12.4. The Kier molecular flexibility index (Phi) is 9.92. The van der Waals surface area contributed by atoms with E-state index < -0.39 is 0 Å². The molecule has 4 aromatic rings. The second kappa shape index (κ2) is 14.2. The minimum absolute atomic E-state index is 0.0301. The third kappa shape index (κ3) is 9.13. The van der Waals surface area contributed by atoms with Crippen LogP contribution < -0.4 is 20.7 Å². The molecule has 0 atom stereocenters. The first-order valence-electron chi connectivity index (χ1n) is 12.9. The van der Waals surface area contributed by atoms with E-state index in [4.69, 9.17) is 4.74 Å². The number of aryl methyl sites for hydroxylation is 2. The van der Waals surface area contributed by atoms with Crippen molar-refractivity contribution >= 4 is 28.9 Å². The number of anilines is 3. The maximum atomic E-state index is 12.4. The number of ether oxygens (including phenoxy) is 1. The molecule has 0 aliphatic heterocycles. The van der Waals surface area contributed by atoms with Gasteiger partial charge in [-0.25, -0.2) is 0 Å². The molecular formula is C32H33N3O3. The fourth-order valence-electron chi connectivity index (χ4n) is 3.93. The summed E-state index contributed by atoms with van der Waals surface area (Å²) in [5.41, 5.74) is 4.67. The Balaban J connectivity index is 1.12. The Hall–Kier alpha value is -4.58. The summed E-state index contributed by atoms with van der Waals surface area (Å²) < 4.78 is 5.81. The van der Waals surface area contributed by atoms with E-state index in [0.717, 1.165) is 35.5 Å². The average Bonchev–Trinajstić information content (AvgIpc) is 2.96. The van der Waals surface area contributed by atoms with Crippen molar-refractivity contribution in [1.82, 2.24) is 0 Å². The van der Waals surface area contributed by atoms with Crippen molar-refractivity contribution in [1.29, 1.82) is 0 Å². The lowest BCUT2D eigenvalue weighted by Gasteiger charge is -2.10. The maximum Gasteiger partial charge on any atom is 0.243 e. The molecule has 0 saturated heterocycles. The summed E-state index contributed by atoms with van der Waals surface area (Å²) in [6.07, 6.45) is 3.04. The lowest BCUT2D eigenvalue weighted by Crippen LogP contribution is -2.21. The molecule has 0 spiro atoms. The zero-order valence-corrected chi connectivity index (χ0v) is 21.4. The second-order valence-corrected chi connectivity index (χ2v) is 8.97. The number of hydrogen-bond donors (Lipinski definition) is 3. The van der Waals surface area contributed by atoms with Gasteiger partial charge in [-0.3, -0.25) is 9.59 Å². The van der Waals surface area contributed by atoms with Crippen LogP contribution in [0.4, 0.5) is 17.1 Å². The molecule has 4 rings (SSSR count). The minimum atomic E-state index is -0.153. The molecule has 0 bridgehead atoms. The van der Waals surface area contributed by atoms with Crippen LogP contribution in [0.3, 0.4) is 0 Å². The van der Waals surface area contributed by atoms with Gasteiger partial charge in [0.25, 0.3) is 0 Å². The Labute approximate surface area is 224 Å². The normalized spacial score (nSPS) is 10.4. The van der Waals surface area contributed by atoms with Crippen LogP contribution in [-0.4, -0.2) is 25.0 Å². The van der Waals surface area contributed by atoms with Crippen molar-refractivity contribution in [3.63, 3.8) is 0 Å². The predicted molar refractivity (Wildman–Crippen MR) is 154 cm³/mol. The summed E-state index contributed by atoms with van der Waals surface area (Å²) in [5, 5.41) is 8.89. The second-order valence-electron chi connectivity index (χ2n) is 8.97. The van der Waals surface area contributed by atoms with Gasteiger partial charge in [0, 0.05) is 23.5 Å². The lowest BCUT2D eigenvalue weighted by atomic mass is 10.1. The highest BCUT2D eigenvalue weighted by molar-refractivity contribution is 5.94. The zero-order valence-electron chi connectivity index (χ0n) is 21.4. The van der Waals surface area contributed by atoms with Crippen LogP contribution in [0.2, 0.25) is 0 Å². The summed E-state index contributed by atoms with van der Waals surface area (Å²) in [7, 11) is 0. The molecule has 0 saturated carbocycles. The van der Waals surface area contributed by atoms with Gasteiger partial charge in [-0.1, -0.05) is 60.7 Å². The summed E-state index contributed by atoms with van der Waals surface area (Å²) in [6, 6.07) is 35.0. The largest absolute Gasteiger partial charge is 0.494 e. The van der Waals surface area contributed by atoms with Crippen molar-refractivity contribution in [2.75, 3.05) is 29.1 Å². The van der Waals surface area contributed by atoms with E-state index in [-0.39, 0.29) is 18.4 Å². The molecular weight excluding hydrogens is 474 g/mol. The quantitative estimate of drug-likeness (QED) is 0.185. The van der Waals surface area contributed by atoms with Crippen LogP contribution in [0.25, 0.3) is 0 Å². The van der Waals surface area contributed by atoms with E-state index in [1.54, 1.807) is 0 Å². The Bertz CT molecular complexity index is 1280. The van der Waals surface area contributed by atoms with E-state index in [1.165, 1.54) is 5.56 Å². The zero-order chi connectivity index (χ0) is 26.4. The molecule has 3 N–H and O–H groups in total. The molecule has 194 valence electrons. The van der Waals surface area contributed by atoms with E-state index in [0.29, 0.717) is 25.1 Å². The number of benzene rings is 4. The minimum Gasteiger partial charge on any atom is -0.494 e. The molecule has 2 amide bonds. The molecule has 0 aromatic heterocycles. The molecule has 0 radical (unpaired) electrons.